The largest absolute Gasteiger partial charge is 0.463 e. The quantitative estimate of drug-likeness (QED) is 0.0628. The van der Waals surface area contributed by atoms with Gasteiger partial charge in [0.15, 0.2) is 24.1 Å². The van der Waals surface area contributed by atoms with Crippen LogP contribution in [-0.2, 0) is 9.53 Å². The van der Waals surface area contributed by atoms with Gasteiger partial charge in [0, 0.05) is 17.8 Å². The van der Waals surface area contributed by atoms with E-state index >= 15 is 0 Å². The predicted molar refractivity (Wildman–Crippen MR) is 155 cm³/mol. The van der Waals surface area contributed by atoms with Gasteiger partial charge in [-0.15, -0.1) is 0 Å². The number of ether oxygens (including phenoxy) is 5. The summed E-state index contributed by atoms with van der Waals surface area (Å²) < 4.78 is 27.8. The Morgan fingerprint density at radius 2 is 1.77 bits per heavy atom. The van der Waals surface area contributed by atoms with E-state index in [4.69, 9.17) is 34.8 Å². The Morgan fingerprint density at radius 1 is 1.02 bits per heavy atom. The van der Waals surface area contributed by atoms with E-state index in [0.717, 1.165) is 0 Å². The molecule has 0 bridgehead atoms. The van der Waals surface area contributed by atoms with Crippen LogP contribution in [0, 0.1) is 33.8 Å². The van der Waals surface area contributed by atoms with Crippen molar-refractivity contribution in [2.75, 3.05) is 18.5 Å². The zero-order chi connectivity index (χ0) is 31.6. The van der Waals surface area contributed by atoms with Crippen LogP contribution in [0.2, 0.25) is 0 Å². The number of carbonyl (C=O) groups excluding carboxylic acids is 1. The summed E-state index contributed by atoms with van der Waals surface area (Å²) in [6.07, 6.45) is 0. The van der Waals surface area contributed by atoms with Gasteiger partial charge in [-0.1, -0.05) is 18.2 Å². The number of esters is 1. The lowest BCUT2D eigenvalue weighted by molar-refractivity contribution is -0.387. The third kappa shape index (κ3) is 8.07. The maximum Gasteiger partial charge on any atom is 0.392 e. The lowest BCUT2D eigenvalue weighted by Gasteiger charge is -2.14. The number of rotatable bonds is 12. The van der Waals surface area contributed by atoms with Gasteiger partial charge in [-0.2, -0.15) is 15.2 Å². The van der Waals surface area contributed by atoms with Crippen LogP contribution in [0.3, 0.4) is 0 Å². The number of nitrogens with zero attached hydrogens (tertiary/aromatic N) is 4. The van der Waals surface area contributed by atoms with Gasteiger partial charge in [0.1, 0.15) is 11.5 Å². The van der Waals surface area contributed by atoms with Gasteiger partial charge in [0.2, 0.25) is 0 Å². The SMILES string of the molecule is CCOC(=O)COc1nc(Oc2cc(C)cc(NC(=N)N)c2)nc(Oc2cc(C#N)ccc2Oc2ccccc2)c1[N+](=O)[O-]. The molecule has 224 valence electrons. The fourth-order valence-corrected chi connectivity index (χ4v) is 3.70. The summed E-state index contributed by atoms with van der Waals surface area (Å²) in [5.41, 5.74) is 5.89. The Bertz CT molecular complexity index is 1740. The summed E-state index contributed by atoms with van der Waals surface area (Å²) in [6, 6.07) is 19.2. The van der Waals surface area contributed by atoms with Gasteiger partial charge in [0.05, 0.1) is 23.2 Å². The molecule has 0 unspecified atom stereocenters. The van der Waals surface area contributed by atoms with Crippen molar-refractivity contribution >= 4 is 23.3 Å². The molecule has 1 aromatic heterocycles. The average molecular weight is 600 g/mol. The maximum absolute atomic E-state index is 12.2. The fraction of sp³-hybridized carbons (Fsp3) is 0.138. The van der Waals surface area contributed by atoms with E-state index in [1.54, 1.807) is 56.3 Å². The van der Waals surface area contributed by atoms with Crippen molar-refractivity contribution < 1.29 is 33.4 Å². The van der Waals surface area contributed by atoms with Crippen LogP contribution in [0.1, 0.15) is 18.1 Å². The minimum Gasteiger partial charge on any atom is -0.463 e. The van der Waals surface area contributed by atoms with Crippen LogP contribution in [0.15, 0.2) is 66.7 Å². The smallest absolute Gasteiger partial charge is 0.392 e. The summed E-state index contributed by atoms with van der Waals surface area (Å²) in [6.45, 7) is 2.69. The molecule has 4 N–H and O–H groups in total. The molecule has 0 aliphatic rings. The number of para-hydroxylation sites is 1. The first-order valence-corrected chi connectivity index (χ1v) is 12.9. The van der Waals surface area contributed by atoms with Crippen LogP contribution in [0.25, 0.3) is 0 Å². The van der Waals surface area contributed by atoms with Gasteiger partial charge in [0.25, 0.3) is 0 Å². The lowest BCUT2D eigenvalue weighted by atomic mass is 10.2. The molecule has 1 heterocycles. The van der Waals surface area contributed by atoms with E-state index in [2.05, 4.69) is 15.3 Å². The van der Waals surface area contributed by atoms with E-state index in [1.165, 1.54) is 24.3 Å². The highest BCUT2D eigenvalue weighted by Crippen LogP contribution is 2.42. The molecule has 15 heteroatoms. The van der Waals surface area contributed by atoms with Gasteiger partial charge < -0.3 is 34.7 Å². The Morgan fingerprint density at radius 3 is 2.45 bits per heavy atom. The van der Waals surface area contributed by atoms with E-state index in [-0.39, 0.29) is 35.4 Å². The minimum absolute atomic E-state index is 0.0558. The van der Waals surface area contributed by atoms with Crippen molar-refractivity contribution in [2.24, 2.45) is 5.73 Å². The van der Waals surface area contributed by atoms with Crippen LogP contribution < -0.4 is 30.0 Å². The molecule has 4 rings (SSSR count). The molecule has 0 aliphatic heterocycles. The summed E-state index contributed by atoms with van der Waals surface area (Å²) in [7, 11) is 0. The van der Waals surface area contributed by atoms with Crippen LogP contribution in [0.5, 0.6) is 40.8 Å². The van der Waals surface area contributed by atoms with Crippen molar-refractivity contribution in [3.05, 3.63) is 88.0 Å². The highest BCUT2D eigenvalue weighted by molar-refractivity contribution is 5.90. The molecule has 4 aromatic rings. The van der Waals surface area contributed by atoms with Crippen molar-refractivity contribution in [3.63, 3.8) is 0 Å². The third-order valence-corrected chi connectivity index (χ3v) is 5.40. The second kappa shape index (κ2) is 14.0. The van der Waals surface area contributed by atoms with Gasteiger partial charge in [-0.25, -0.2) is 4.79 Å². The van der Waals surface area contributed by atoms with E-state index in [0.29, 0.717) is 17.0 Å². The van der Waals surface area contributed by atoms with E-state index in [1.807, 2.05) is 6.07 Å². The fourth-order valence-electron chi connectivity index (χ4n) is 3.70. The lowest BCUT2D eigenvalue weighted by Crippen LogP contribution is -2.20. The van der Waals surface area contributed by atoms with Crippen molar-refractivity contribution in [1.29, 1.82) is 10.7 Å². The van der Waals surface area contributed by atoms with Gasteiger partial charge in [-0.05, 0) is 55.8 Å². The third-order valence-electron chi connectivity index (χ3n) is 5.40. The number of hydrogen-bond acceptors (Lipinski definition) is 12. The number of hydrogen-bond donors (Lipinski definition) is 3. The molecule has 0 aliphatic carbocycles. The number of aromatic nitrogens is 2. The van der Waals surface area contributed by atoms with E-state index in [9.17, 15) is 20.2 Å². The molecule has 44 heavy (non-hydrogen) atoms. The number of guanidine groups is 1. The maximum atomic E-state index is 12.2. The number of benzene rings is 3. The number of nitrogens with two attached hydrogens (primary N) is 1. The topological polar surface area (TPSA) is 218 Å². The van der Waals surface area contributed by atoms with Crippen molar-refractivity contribution in [1.82, 2.24) is 9.97 Å². The normalized spacial score (nSPS) is 10.2. The molecule has 15 nitrogen and oxygen atoms in total. The minimum atomic E-state index is -0.854. The zero-order valence-electron chi connectivity index (χ0n) is 23.4. The molecule has 0 amide bonds. The molecule has 0 spiro atoms. The Balaban J connectivity index is 1.81. The predicted octanol–water partition coefficient (Wildman–Crippen LogP) is 5.19. The standard InChI is InChI=1S/C29H25N7O8/c1-3-40-24(37)16-41-26-25(36(38)39)27(35-29(34-26)43-21-12-17(2)11-19(14-21)33-28(31)32)44-23-13-18(15-30)9-10-22(23)42-20-7-5-4-6-8-20/h4-14H,3,16H2,1-2H3,(H4,31,32,33). The monoisotopic (exact) mass is 599 g/mol. The number of anilines is 1. The average Bonchev–Trinajstić information content (AvgIpc) is 2.96. The number of nitriles is 1. The second-order valence-electron chi connectivity index (χ2n) is 8.78. The summed E-state index contributed by atoms with van der Waals surface area (Å²) in [5.74, 6) is -1.79. The molecule has 0 saturated heterocycles. The van der Waals surface area contributed by atoms with Gasteiger partial charge >= 0.3 is 29.4 Å². The number of carbonyl (C=O) groups is 1. The van der Waals surface area contributed by atoms with Crippen LogP contribution >= 0.6 is 0 Å². The number of aryl methyl sites for hydroxylation is 1. The molecule has 0 atom stereocenters. The summed E-state index contributed by atoms with van der Waals surface area (Å²) in [4.78, 5) is 31.5. The number of nitrogens with one attached hydrogen (secondary N) is 2. The number of nitro groups is 1. The Kier molecular flexibility index (Phi) is 9.69. The molecular weight excluding hydrogens is 574 g/mol. The highest BCUT2D eigenvalue weighted by Gasteiger charge is 2.31. The molecule has 0 saturated carbocycles. The van der Waals surface area contributed by atoms with E-state index < -0.39 is 41.0 Å². The zero-order valence-corrected chi connectivity index (χ0v) is 23.4. The second-order valence-corrected chi connectivity index (χ2v) is 8.78. The first-order valence-electron chi connectivity index (χ1n) is 12.9. The Labute approximate surface area is 250 Å². The van der Waals surface area contributed by atoms with Gasteiger partial charge in [-0.3, -0.25) is 15.5 Å². The molecular formula is C29H25N7O8. The van der Waals surface area contributed by atoms with Crippen LogP contribution in [0.4, 0.5) is 11.4 Å². The highest BCUT2D eigenvalue weighted by atomic mass is 16.6. The summed E-state index contributed by atoms with van der Waals surface area (Å²) in [5, 5.41) is 31.9. The molecule has 3 aromatic carbocycles. The summed E-state index contributed by atoms with van der Waals surface area (Å²) >= 11 is 0. The molecule has 0 radical (unpaired) electrons. The first-order chi connectivity index (χ1) is 21.1. The van der Waals surface area contributed by atoms with Crippen molar-refractivity contribution in [2.45, 2.75) is 13.8 Å². The first kappa shape index (κ1) is 30.5. The Hall–Kier alpha value is -6.43. The van der Waals surface area contributed by atoms with Crippen molar-refractivity contribution in [3.8, 4) is 46.8 Å². The van der Waals surface area contributed by atoms with Crippen LogP contribution in [-0.4, -0.2) is 40.0 Å². The molecule has 0 fully saturated rings.